The zero-order chi connectivity index (χ0) is 12.4. The number of carbonyl (C=O) groups excluding carboxylic acids is 1. The fourth-order valence-corrected chi connectivity index (χ4v) is 2.38. The molecule has 1 heterocycles. The SMILES string of the molecule is Cc1csc(NC(=O)c2ccc(Br)cc2N)n1. The van der Waals surface area contributed by atoms with E-state index >= 15 is 0 Å². The number of thiazole rings is 1. The normalized spacial score (nSPS) is 10.2. The maximum absolute atomic E-state index is 11.9. The van der Waals surface area contributed by atoms with E-state index < -0.39 is 0 Å². The molecule has 0 saturated heterocycles. The summed E-state index contributed by atoms with van der Waals surface area (Å²) in [6.07, 6.45) is 0. The number of aromatic nitrogens is 1. The third kappa shape index (κ3) is 2.83. The van der Waals surface area contributed by atoms with Gasteiger partial charge in [-0.05, 0) is 25.1 Å². The summed E-state index contributed by atoms with van der Waals surface area (Å²) >= 11 is 4.68. The summed E-state index contributed by atoms with van der Waals surface area (Å²) < 4.78 is 0.844. The molecule has 17 heavy (non-hydrogen) atoms. The van der Waals surface area contributed by atoms with Crippen molar-refractivity contribution in [1.29, 1.82) is 0 Å². The number of benzene rings is 1. The first kappa shape index (κ1) is 12.1. The Hall–Kier alpha value is -1.40. The highest BCUT2D eigenvalue weighted by molar-refractivity contribution is 9.10. The molecular formula is C11H10BrN3OS. The van der Waals surface area contributed by atoms with Crippen LogP contribution >= 0.6 is 27.3 Å². The highest BCUT2D eigenvalue weighted by Gasteiger charge is 2.11. The van der Waals surface area contributed by atoms with Gasteiger partial charge in [0.15, 0.2) is 5.13 Å². The summed E-state index contributed by atoms with van der Waals surface area (Å²) in [6, 6.07) is 5.15. The standard InChI is InChI=1S/C11H10BrN3OS/c1-6-5-17-11(14-6)15-10(16)8-3-2-7(12)4-9(8)13/h2-5H,13H2,1H3,(H,14,15,16). The van der Waals surface area contributed by atoms with Crippen LogP contribution in [0, 0.1) is 6.92 Å². The third-order valence-corrected chi connectivity index (χ3v) is 3.47. The van der Waals surface area contributed by atoms with Crippen molar-refractivity contribution in [3.63, 3.8) is 0 Å². The molecule has 2 aromatic rings. The monoisotopic (exact) mass is 311 g/mol. The van der Waals surface area contributed by atoms with Crippen molar-refractivity contribution >= 4 is 44.0 Å². The molecule has 3 N–H and O–H groups in total. The number of nitrogen functional groups attached to an aromatic ring is 1. The van der Waals surface area contributed by atoms with Gasteiger partial charge in [0.1, 0.15) is 0 Å². The van der Waals surface area contributed by atoms with E-state index in [1.165, 1.54) is 11.3 Å². The van der Waals surface area contributed by atoms with Crippen LogP contribution < -0.4 is 11.1 Å². The van der Waals surface area contributed by atoms with Crippen LogP contribution in [0.1, 0.15) is 16.1 Å². The summed E-state index contributed by atoms with van der Waals surface area (Å²) in [7, 11) is 0. The van der Waals surface area contributed by atoms with Crippen molar-refractivity contribution in [2.24, 2.45) is 0 Å². The highest BCUT2D eigenvalue weighted by atomic mass is 79.9. The molecule has 0 unspecified atom stereocenters. The second kappa shape index (κ2) is 4.85. The Morgan fingerprint density at radius 1 is 1.53 bits per heavy atom. The average molecular weight is 312 g/mol. The third-order valence-electron chi connectivity index (χ3n) is 2.10. The Labute approximate surface area is 111 Å². The molecule has 1 amide bonds. The second-order valence-corrected chi connectivity index (χ2v) is 5.25. The average Bonchev–Trinajstić information content (AvgIpc) is 2.63. The first-order valence-electron chi connectivity index (χ1n) is 4.85. The van der Waals surface area contributed by atoms with Gasteiger partial charge in [-0.15, -0.1) is 11.3 Å². The van der Waals surface area contributed by atoms with E-state index in [1.807, 2.05) is 12.3 Å². The molecule has 0 atom stereocenters. The Morgan fingerprint density at radius 3 is 2.88 bits per heavy atom. The molecule has 0 bridgehead atoms. The molecule has 0 saturated carbocycles. The number of nitrogens with zero attached hydrogens (tertiary/aromatic N) is 1. The highest BCUT2D eigenvalue weighted by Crippen LogP contribution is 2.21. The minimum Gasteiger partial charge on any atom is -0.398 e. The molecule has 1 aromatic carbocycles. The minimum absolute atomic E-state index is 0.246. The fraction of sp³-hybridized carbons (Fsp3) is 0.0909. The zero-order valence-electron chi connectivity index (χ0n) is 9.03. The van der Waals surface area contributed by atoms with Crippen molar-refractivity contribution in [2.45, 2.75) is 6.92 Å². The number of hydrogen-bond acceptors (Lipinski definition) is 4. The van der Waals surface area contributed by atoms with Crippen molar-refractivity contribution < 1.29 is 4.79 Å². The van der Waals surface area contributed by atoms with Gasteiger partial charge >= 0.3 is 0 Å². The van der Waals surface area contributed by atoms with Crippen molar-refractivity contribution in [2.75, 3.05) is 11.1 Å². The molecule has 1 aromatic heterocycles. The number of nitrogens with two attached hydrogens (primary N) is 1. The van der Waals surface area contributed by atoms with Gasteiger partial charge in [-0.1, -0.05) is 15.9 Å². The quantitative estimate of drug-likeness (QED) is 0.838. The number of aryl methyl sites for hydroxylation is 1. The smallest absolute Gasteiger partial charge is 0.259 e. The van der Waals surface area contributed by atoms with Crippen LogP contribution in [0.5, 0.6) is 0 Å². The van der Waals surface area contributed by atoms with E-state index in [2.05, 4.69) is 26.2 Å². The topological polar surface area (TPSA) is 68.0 Å². The number of hydrogen-bond donors (Lipinski definition) is 2. The first-order valence-corrected chi connectivity index (χ1v) is 6.52. The van der Waals surface area contributed by atoms with Crippen LogP contribution in [0.2, 0.25) is 0 Å². The fourth-order valence-electron chi connectivity index (χ4n) is 1.32. The predicted molar refractivity (Wildman–Crippen MR) is 73.4 cm³/mol. The molecule has 0 radical (unpaired) electrons. The van der Waals surface area contributed by atoms with E-state index in [0.717, 1.165) is 10.2 Å². The van der Waals surface area contributed by atoms with E-state index in [-0.39, 0.29) is 5.91 Å². The molecule has 6 heteroatoms. The van der Waals surface area contributed by atoms with E-state index in [9.17, 15) is 4.79 Å². The first-order chi connectivity index (χ1) is 8.06. The molecule has 4 nitrogen and oxygen atoms in total. The Kier molecular flexibility index (Phi) is 3.44. The lowest BCUT2D eigenvalue weighted by molar-refractivity contribution is 0.102. The van der Waals surface area contributed by atoms with Gasteiger partial charge in [0, 0.05) is 15.5 Å². The molecule has 88 valence electrons. The van der Waals surface area contributed by atoms with Crippen LogP contribution in [0.15, 0.2) is 28.1 Å². The molecule has 0 spiro atoms. The summed E-state index contributed by atoms with van der Waals surface area (Å²) in [5, 5.41) is 5.17. The summed E-state index contributed by atoms with van der Waals surface area (Å²) in [6.45, 7) is 1.88. The van der Waals surface area contributed by atoms with Crippen LogP contribution in [0.4, 0.5) is 10.8 Å². The maximum atomic E-state index is 11.9. The van der Waals surface area contributed by atoms with Crippen molar-refractivity contribution in [3.05, 3.63) is 39.3 Å². The molecular weight excluding hydrogens is 302 g/mol. The van der Waals surface area contributed by atoms with Gasteiger partial charge in [-0.25, -0.2) is 4.98 Å². The summed E-state index contributed by atoms with van der Waals surface area (Å²) in [5.41, 5.74) is 7.54. The van der Waals surface area contributed by atoms with Crippen LogP contribution in [-0.2, 0) is 0 Å². The zero-order valence-corrected chi connectivity index (χ0v) is 11.4. The lowest BCUT2D eigenvalue weighted by Gasteiger charge is -2.05. The van der Waals surface area contributed by atoms with Crippen molar-refractivity contribution in [3.8, 4) is 0 Å². The number of anilines is 2. The van der Waals surface area contributed by atoms with Crippen molar-refractivity contribution in [1.82, 2.24) is 4.98 Å². The number of rotatable bonds is 2. The molecule has 0 aliphatic carbocycles. The van der Waals surface area contributed by atoms with E-state index in [0.29, 0.717) is 16.4 Å². The number of carbonyl (C=O) groups is 1. The van der Waals surface area contributed by atoms with E-state index in [4.69, 9.17) is 5.73 Å². The van der Waals surface area contributed by atoms with Gasteiger partial charge in [0.05, 0.1) is 11.3 Å². The summed E-state index contributed by atoms with van der Waals surface area (Å²) in [4.78, 5) is 16.1. The van der Waals surface area contributed by atoms with Crippen LogP contribution in [0.25, 0.3) is 0 Å². The van der Waals surface area contributed by atoms with E-state index in [1.54, 1.807) is 18.2 Å². The van der Waals surface area contributed by atoms with Crippen LogP contribution in [-0.4, -0.2) is 10.9 Å². The minimum atomic E-state index is -0.246. The molecule has 0 aliphatic rings. The molecule has 0 aliphatic heterocycles. The number of amides is 1. The lowest BCUT2D eigenvalue weighted by atomic mass is 10.2. The Balaban J connectivity index is 2.20. The largest absolute Gasteiger partial charge is 0.398 e. The van der Waals surface area contributed by atoms with Gasteiger partial charge in [-0.3, -0.25) is 10.1 Å². The Bertz CT molecular complexity index is 568. The Morgan fingerprint density at radius 2 is 2.29 bits per heavy atom. The maximum Gasteiger partial charge on any atom is 0.259 e. The molecule has 2 rings (SSSR count). The van der Waals surface area contributed by atoms with Crippen LogP contribution in [0.3, 0.4) is 0 Å². The summed E-state index contributed by atoms with van der Waals surface area (Å²) in [5.74, 6) is -0.246. The lowest BCUT2D eigenvalue weighted by Crippen LogP contribution is -2.13. The van der Waals surface area contributed by atoms with Gasteiger partial charge in [0.2, 0.25) is 0 Å². The second-order valence-electron chi connectivity index (χ2n) is 3.48. The van der Waals surface area contributed by atoms with Gasteiger partial charge in [-0.2, -0.15) is 0 Å². The van der Waals surface area contributed by atoms with Gasteiger partial charge < -0.3 is 5.73 Å². The number of halogens is 1. The number of nitrogens with one attached hydrogen (secondary N) is 1. The molecule has 0 fully saturated rings. The predicted octanol–water partition coefficient (Wildman–Crippen LogP) is 3.05. The van der Waals surface area contributed by atoms with Gasteiger partial charge in [0.25, 0.3) is 5.91 Å².